The predicted octanol–water partition coefficient (Wildman–Crippen LogP) is 2.91. The summed E-state index contributed by atoms with van der Waals surface area (Å²) in [7, 11) is 2.10. The first-order chi connectivity index (χ1) is 12.4. The fourth-order valence-corrected chi connectivity index (χ4v) is 4.18. The molecule has 3 heterocycles. The van der Waals surface area contributed by atoms with Gasteiger partial charge in [0, 0.05) is 25.2 Å². The highest BCUT2D eigenvalue weighted by molar-refractivity contribution is 6.30. The van der Waals surface area contributed by atoms with Crippen LogP contribution in [0, 0.1) is 11.3 Å². The summed E-state index contributed by atoms with van der Waals surface area (Å²) in [4.78, 5) is 35.5. The summed E-state index contributed by atoms with van der Waals surface area (Å²) in [5.74, 6) is 0.0554. The number of nitrogens with zero attached hydrogens (tertiary/aromatic N) is 3. The molecule has 1 amide bonds. The van der Waals surface area contributed by atoms with Crippen molar-refractivity contribution in [1.29, 1.82) is 0 Å². The smallest absolute Gasteiger partial charge is 0.275 e. The maximum absolute atomic E-state index is 12.7. The Balaban J connectivity index is 1.41. The predicted molar refractivity (Wildman–Crippen MR) is 98.4 cm³/mol. The summed E-state index contributed by atoms with van der Waals surface area (Å²) in [6, 6.07) is 8.23. The minimum Gasteiger partial charge on any atom is -0.305 e. The van der Waals surface area contributed by atoms with Crippen LogP contribution < -0.4 is 5.32 Å². The standard InChI is InChI=1S/C19H19ClN4O2/c1-24-10-19(11-24)7-12(8-19)17(25)14-3-2-4-16(22-14)23-18(26)15-6-5-13(20)9-21-15/h2-6,9,12H,7-8,10-11H2,1H3,(H,22,23,26). The topological polar surface area (TPSA) is 75.2 Å². The first kappa shape index (κ1) is 17.1. The van der Waals surface area contributed by atoms with Gasteiger partial charge in [-0.2, -0.15) is 0 Å². The lowest BCUT2D eigenvalue weighted by atomic mass is 9.56. The summed E-state index contributed by atoms with van der Waals surface area (Å²) in [6.07, 6.45) is 3.28. The average Bonchev–Trinajstić information content (AvgIpc) is 2.57. The SMILES string of the molecule is CN1CC2(CC(C(=O)c3cccc(NC(=O)c4ccc(Cl)cn4)n3)C2)C1. The van der Waals surface area contributed by atoms with E-state index in [9.17, 15) is 9.59 Å². The number of carbonyl (C=O) groups excluding carboxylic acids is 2. The minimum atomic E-state index is -0.390. The van der Waals surface area contributed by atoms with Crippen LogP contribution in [-0.4, -0.2) is 46.7 Å². The molecule has 1 N–H and O–H groups in total. The number of amides is 1. The van der Waals surface area contributed by atoms with Crippen LogP contribution in [0.2, 0.25) is 5.02 Å². The number of carbonyl (C=O) groups is 2. The number of likely N-dealkylation sites (tertiary alicyclic amines) is 1. The molecule has 1 aliphatic carbocycles. The van der Waals surface area contributed by atoms with E-state index in [4.69, 9.17) is 11.6 Å². The number of hydrogen-bond donors (Lipinski definition) is 1. The number of hydrogen-bond acceptors (Lipinski definition) is 5. The number of nitrogens with one attached hydrogen (secondary N) is 1. The van der Waals surface area contributed by atoms with Crippen molar-refractivity contribution in [1.82, 2.24) is 14.9 Å². The normalized spacial score (nSPS) is 18.8. The summed E-state index contributed by atoms with van der Waals surface area (Å²) < 4.78 is 0. The molecule has 0 radical (unpaired) electrons. The van der Waals surface area contributed by atoms with Crippen LogP contribution in [0.15, 0.2) is 36.5 Å². The number of aromatic nitrogens is 2. The van der Waals surface area contributed by atoms with Crippen LogP contribution in [0.4, 0.5) is 5.82 Å². The summed E-state index contributed by atoms with van der Waals surface area (Å²) in [6.45, 7) is 2.16. The van der Waals surface area contributed by atoms with E-state index < -0.39 is 0 Å². The molecule has 0 unspecified atom stereocenters. The van der Waals surface area contributed by atoms with Crippen LogP contribution in [0.25, 0.3) is 0 Å². The van der Waals surface area contributed by atoms with Crippen molar-refractivity contribution in [2.45, 2.75) is 12.8 Å². The number of Topliss-reactive ketones (excluding diaryl/α,β-unsaturated/α-hetero) is 1. The van der Waals surface area contributed by atoms with E-state index >= 15 is 0 Å². The molecule has 7 heteroatoms. The van der Waals surface area contributed by atoms with E-state index in [1.165, 1.54) is 12.3 Å². The number of rotatable bonds is 4. The van der Waals surface area contributed by atoms with Gasteiger partial charge in [0.2, 0.25) is 0 Å². The van der Waals surface area contributed by atoms with Crippen LogP contribution >= 0.6 is 11.6 Å². The molecule has 1 saturated heterocycles. The molecule has 0 bridgehead atoms. The third-order valence-corrected chi connectivity index (χ3v) is 5.37. The van der Waals surface area contributed by atoms with Gasteiger partial charge in [0.25, 0.3) is 5.91 Å². The van der Waals surface area contributed by atoms with Gasteiger partial charge in [0.05, 0.1) is 5.02 Å². The fourth-order valence-electron chi connectivity index (χ4n) is 4.07. The zero-order valence-corrected chi connectivity index (χ0v) is 15.2. The van der Waals surface area contributed by atoms with E-state index in [-0.39, 0.29) is 23.3 Å². The Hall–Kier alpha value is -2.31. The Morgan fingerprint density at radius 3 is 2.62 bits per heavy atom. The first-order valence-corrected chi connectivity index (χ1v) is 8.95. The Bertz CT molecular complexity index is 854. The molecule has 6 nitrogen and oxygen atoms in total. The maximum Gasteiger partial charge on any atom is 0.275 e. The molecule has 2 fully saturated rings. The summed E-state index contributed by atoms with van der Waals surface area (Å²) in [5.41, 5.74) is 0.989. The van der Waals surface area contributed by atoms with Crippen molar-refractivity contribution < 1.29 is 9.59 Å². The molecule has 1 saturated carbocycles. The lowest BCUT2D eigenvalue weighted by Gasteiger charge is -2.57. The second kappa shape index (κ2) is 6.45. The van der Waals surface area contributed by atoms with E-state index in [0.29, 0.717) is 21.9 Å². The maximum atomic E-state index is 12.7. The first-order valence-electron chi connectivity index (χ1n) is 8.57. The van der Waals surface area contributed by atoms with Crippen molar-refractivity contribution in [3.05, 3.63) is 52.9 Å². The van der Waals surface area contributed by atoms with Crippen molar-refractivity contribution >= 4 is 29.1 Å². The Kier molecular flexibility index (Phi) is 4.25. The molecular formula is C19H19ClN4O2. The van der Waals surface area contributed by atoms with Crippen LogP contribution in [0.3, 0.4) is 0 Å². The van der Waals surface area contributed by atoms with Gasteiger partial charge < -0.3 is 10.2 Å². The molecule has 26 heavy (non-hydrogen) atoms. The lowest BCUT2D eigenvalue weighted by Crippen LogP contribution is -2.61. The van der Waals surface area contributed by atoms with E-state index in [1.807, 2.05) is 0 Å². The Morgan fingerprint density at radius 1 is 1.19 bits per heavy atom. The van der Waals surface area contributed by atoms with Crippen LogP contribution in [0.5, 0.6) is 0 Å². The highest BCUT2D eigenvalue weighted by atomic mass is 35.5. The van der Waals surface area contributed by atoms with Gasteiger partial charge in [-0.15, -0.1) is 0 Å². The third kappa shape index (κ3) is 3.22. The number of pyridine rings is 2. The molecular weight excluding hydrogens is 352 g/mol. The van der Waals surface area contributed by atoms with Gasteiger partial charge in [-0.1, -0.05) is 17.7 Å². The highest BCUT2D eigenvalue weighted by Gasteiger charge is 2.53. The monoisotopic (exact) mass is 370 g/mol. The Labute approximate surface area is 156 Å². The fraction of sp³-hybridized carbons (Fsp3) is 0.368. The quantitative estimate of drug-likeness (QED) is 0.837. The van der Waals surface area contributed by atoms with Crippen molar-refractivity contribution in [3.63, 3.8) is 0 Å². The molecule has 2 aliphatic rings. The van der Waals surface area contributed by atoms with Crippen LogP contribution in [0.1, 0.15) is 33.8 Å². The third-order valence-electron chi connectivity index (χ3n) is 5.14. The zero-order chi connectivity index (χ0) is 18.3. The van der Waals surface area contributed by atoms with Crippen LogP contribution in [-0.2, 0) is 0 Å². The molecule has 0 aromatic carbocycles. The minimum absolute atomic E-state index is 0.0417. The van der Waals surface area contributed by atoms with Crippen molar-refractivity contribution in [3.8, 4) is 0 Å². The molecule has 1 spiro atoms. The average molecular weight is 371 g/mol. The van der Waals surface area contributed by atoms with Gasteiger partial charge in [0.1, 0.15) is 17.2 Å². The molecule has 134 valence electrons. The summed E-state index contributed by atoms with van der Waals surface area (Å²) in [5, 5.41) is 3.14. The van der Waals surface area contributed by atoms with Gasteiger partial charge in [-0.25, -0.2) is 9.97 Å². The van der Waals surface area contributed by atoms with Crippen molar-refractivity contribution in [2.75, 3.05) is 25.5 Å². The van der Waals surface area contributed by atoms with E-state index in [1.54, 1.807) is 24.3 Å². The molecule has 1 aliphatic heterocycles. The van der Waals surface area contributed by atoms with Crippen molar-refractivity contribution in [2.24, 2.45) is 11.3 Å². The Morgan fingerprint density at radius 2 is 1.96 bits per heavy atom. The van der Waals surface area contributed by atoms with Gasteiger partial charge in [0.15, 0.2) is 5.78 Å². The number of anilines is 1. The second-order valence-electron chi connectivity index (χ2n) is 7.37. The second-order valence-corrected chi connectivity index (χ2v) is 7.80. The molecule has 0 atom stereocenters. The zero-order valence-electron chi connectivity index (χ0n) is 14.4. The van der Waals surface area contributed by atoms with E-state index in [0.717, 1.165) is 25.9 Å². The van der Waals surface area contributed by atoms with Gasteiger partial charge >= 0.3 is 0 Å². The largest absolute Gasteiger partial charge is 0.305 e. The van der Waals surface area contributed by atoms with Gasteiger partial charge in [-0.05, 0) is 49.6 Å². The van der Waals surface area contributed by atoms with E-state index in [2.05, 4.69) is 27.2 Å². The summed E-state index contributed by atoms with van der Waals surface area (Å²) >= 11 is 5.78. The molecule has 4 rings (SSSR count). The number of ketones is 1. The lowest BCUT2D eigenvalue weighted by molar-refractivity contribution is -0.0708. The molecule has 2 aromatic rings. The molecule has 2 aromatic heterocycles. The van der Waals surface area contributed by atoms with Gasteiger partial charge in [-0.3, -0.25) is 9.59 Å². The highest BCUT2D eigenvalue weighted by Crippen LogP contribution is 2.52. The number of halogens is 1.